The highest BCUT2D eigenvalue weighted by Crippen LogP contribution is 2.66. The number of ketones is 2. The first kappa shape index (κ1) is 28.3. The van der Waals surface area contributed by atoms with Gasteiger partial charge in [0.15, 0.2) is 0 Å². The van der Waals surface area contributed by atoms with Crippen LogP contribution in [0.1, 0.15) is 68.3 Å². The van der Waals surface area contributed by atoms with Crippen LogP contribution in [-0.2, 0) is 19.2 Å². The number of aromatic nitrogens is 1. The van der Waals surface area contributed by atoms with Crippen LogP contribution < -0.4 is 15.4 Å². The lowest BCUT2D eigenvalue weighted by molar-refractivity contribution is -0.141. The maximum Gasteiger partial charge on any atom is 0.289 e. The number of benzene rings is 1. The zero-order valence-electron chi connectivity index (χ0n) is 23.3. The molecule has 0 radical (unpaired) electrons. The Kier molecular flexibility index (Phi) is 7.05. The smallest absolute Gasteiger partial charge is 0.289 e. The number of hydrogen-bond donors (Lipinski definition) is 3. The van der Waals surface area contributed by atoms with Gasteiger partial charge in [0.2, 0.25) is 11.7 Å². The number of rotatable bonds is 9. The van der Waals surface area contributed by atoms with E-state index in [1.807, 2.05) is 0 Å². The van der Waals surface area contributed by atoms with Crippen molar-refractivity contribution in [2.45, 2.75) is 81.8 Å². The number of Topliss-reactive ketones (excluding diaryl/α,β-unsaturated/α-hetero) is 2. The predicted octanol–water partition coefficient (Wildman–Crippen LogP) is 2.90. The van der Waals surface area contributed by atoms with E-state index in [2.05, 4.69) is 15.6 Å². The average Bonchev–Trinajstić information content (AvgIpc) is 3.73. The minimum absolute atomic E-state index is 0.0283. The first-order valence-electron chi connectivity index (χ1n) is 14.5. The Morgan fingerprint density at radius 1 is 1.17 bits per heavy atom. The van der Waals surface area contributed by atoms with Gasteiger partial charge in [-0.3, -0.25) is 24.0 Å². The summed E-state index contributed by atoms with van der Waals surface area (Å²) in [6, 6.07) is 4.08. The van der Waals surface area contributed by atoms with Crippen LogP contribution in [0.5, 0.6) is 5.75 Å². The summed E-state index contributed by atoms with van der Waals surface area (Å²) in [4.78, 5) is 70.1. The molecule has 4 aliphatic rings. The molecule has 1 spiro atoms. The number of carbonyl (C=O) groups is 5. The van der Waals surface area contributed by atoms with Crippen molar-refractivity contribution in [1.82, 2.24) is 20.5 Å². The van der Waals surface area contributed by atoms with E-state index in [1.54, 1.807) is 24.3 Å². The normalized spacial score (nSPS) is 27.1. The van der Waals surface area contributed by atoms with Crippen LogP contribution >= 0.6 is 0 Å². The van der Waals surface area contributed by atoms with E-state index in [4.69, 9.17) is 4.74 Å². The average molecular weight is 585 g/mol. The van der Waals surface area contributed by atoms with Crippen molar-refractivity contribution < 1.29 is 37.5 Å². The molecule has 4 fully saturated rings. The number of hydrogen-bond acceptors (Lipinski definition) is 6. The topological polar surface area (TPSA) is 138 Å². The number of ether oxygens (including phenoxy) is 1. The Bertz CT molecular complexity index is 1470. The second-order valence-corrected chi connectivity index (χ2v) is 12.2. The number of methoxy groups -OCH3 is 1. The highest BCUT2D eigenvalue weighted by molar-refractivity contribution is 6.38. The van der Waals surface area contributed by atoms with Crippen LogP contribution in [0.25, 0.3) is 10.9 Å². The van der Waals surface area contributed by atoms with Gasteiger partial charge in [0, 0.05) is 42.2 Å². The number of alkyl halides is 2. The van der Waals surface area contributed by atoms with Crippen LogP contribution in [0.3, 0.4) is 0 Å². The number of nitrogens with one attached hydrogen (secondary N) is 3. The second kappa shape index (κ2) is 10.5. The molecule has 1 aliphatic heterocycles. The maximum atomic E-state index is 14.6. The second-order valence-electron chi connectivity index (χ2n) is 12.2. The van der Waals surface area contributed by atoms with Crippen molar-refractivity contribution in [3.05, 3.63) is 30.0 Å². The van der Waals surface area contributed by atoms with Gasteiger partial charge in [-0.25, -0.2) is 8.78 Å². The molecule has 3 aliphatic carbocycles. The summed E-state index contributed by atoms with van der Waals surface area (Å²) in [5.41, 5.74) is -0.817. The molecular weight excluding hydrogens is 550 g/mol. The maximum absolute atomic E-state index is 14.6. The molecule has 2 aromatic rings. The lowest BCUT2D eigenvalue weighted by Crippen LogP contribution is -2.54. The van der Waals surface area contributed by atoms with E-state index < -0.39 is 59.3 Å². The van der Waals surface area contributed by atoms with Crippen molar-refractivity contribution in [2.75, 3.05) is 13.7 Å². The fourth-order valence-electron chi connectivity index (χ4n) is 6.51. The third-order valence-electron chi connectivity index (χ3n) is 9.25. The monoisotopic (exact) mass is 584 g/mol. The largest absolute Gasteiger partial charge is 0.496 e. The Balaban J connectivity index is 1.26. The molecule has 42 heavy (non-hydrogen) atoms. The summed E-state index contributed by atoms with van der Waals surface area (Å²) in [6.45, 7) is -0.328. The third kappa shape index (κ3) is 5.15. The molecule has 10 nitrogen and oxygen atoms in total. The van der Waals surface area contributed by atoms with Crippen molar-refractivity contribution in [3.63, 3.8) is 0 Å². The number of aromatic amines is 1. The van der Waals surface area contributed by atoms with Gasteiger partial charge in [0.1, 0.15) is 23.3 Å². The van der Waals surface area contributed by atoms with E-state index in [0.717, 1.165) is 30.6 Å². The number of nitrogens with zero attached hydrogens (tertiary/aromatic N) is 1. The number of H-pyrrole nitrogens is 1. The predicted molar refractivity (Wildman–Crippen MR) is 146 cm³/mol. The summed E-state index contributed by atoms with van der Waals surface area (Å²) < 4.78 is 34.5. The van der Waals surface area contributed by atoms with Gasteiger partial charge in [0.05, 0.1) is 18.6 Å². The van der Waals surface area contributed by atoms with Crippen molar-refractivity contribution in [3.8, 4) is 5.75 Å². The molecule has 3 saturated carbocycles. The number of halogens is 2. The van der Waals surface area contributed by atoms with Crippen LogP contribution in [0.2, 0.25) is 0 Å². The van der Waals surface area contributed by atoms with Gasteiger partial charge in [-0.15, -0.1) is 0 Å². The third-order valence-corrected chi connectivity index (χ3v) is 9.25. The first-order valence-corrected chi connectivity index (χ1v) is 14.5. The first-order chi connectivity index (χ1) is 20.0. The molecule has 1 aromatic heterocycles. The Labute approximate surface area is 240 Å². The Morgan fingerprint density at radius 3 is 2.60 bits per heavy atom. The minimum atomic E-state index is -3.03. The van der Waals surface area contributed by atoms with E-state index >= 15 is 0 Å². The summed E-state index contributed by atoms with van der Waals surface area (Å²) in [7, 11) is 1.49. The fraction of sp³-hybridized carbons (Fsp3) is 0.567. The summed E-state index contributed by atoms with van der Waals surface area (Å²) in [5, 5.41) is 5.86. The molecular formula is C30H34F2N4O6. The van der Waals surface area contributed by atoms with Crippen LogP contribution in [0, 0.1) is 11.3 Å². The summed E-state index contributed by atoms with van der Waals surface area (Å²) in [6.07, 6.45) is 3.18. The van der Waals surface area contributed by atoms with Crippen molar-refractivity contribution in [2.24, 2.45) is 11.3 Å². The van der Waals surface area contributed by atoms with Crippen LogP contribution in [0.15, 0.2) is 24.3 Å². The van der Waals surface area contributed by atoms with Crippen molar-refractivity contribution in [1.29, 1.82) is 0 Å². The minimum Gasteiger partial charge on any atom is -0.496 e. The Morgan fingerprint density at radius 2 is 1.93 bits per heavy atom. The molecule has 224 valence electrons. The van der Waals surface area contributed by atoms with Gasteiger partial charge in [-0.05, 0) is 56.7 Å². The molecule has 12 heteroatoms. The quantitative estimate of drug-likeness (QED) is 0.388. The molecule has 4 atom stereocenters. The van der Waals surface area contributed by atoms with Gasteiger partial charge in [-0.2, -0.15) is 0 Å². The fourth-order valence-corrected chi connectivity index (χ4v) is 6.51. The van der Waals surface area contributed by atoms with E-state index in [-0.39, 0.29) is 36.9 Å². The lowest BCUT2D eigenvalue weighted by Gasteiger charge is -2.28. The molecule has 3 amide bonds. The van der Waals surface area contributed by atoms with Crippen LogP contribution in [-0.4, -0.2) is 76.9 Å². The highest BCUT2D eigenvalue weighted by Gasteiger charge is 2.75. The molecule has 0 bridgehead atoms. The molecule has 6 rings (SSSR count). The number of carbonyl (C=O) groups excluding carboxylic acids is 5. The standard InChI is InChI=1S/C30H34F2N4O6/c1-42-24-8-4-6-19-18(24)12-21(34-19)28(41)36-15-29(14-30(29,31)32)13-22(36)26(39)35-20(11-16-5-2-3-7-23(16)37)25(38)27(40)33-17-9-10-17/h4,6,8,12,16-17,20,22,34H,2-3,5,7,9-11,13-15H2,1H3,(H,33,40)(H,35,39). The molecule has 1 saturated heterocycles. The van der Waals surface area contributed by atoms with Crippen LogP contribution in [0.4, 0.5) is 8.78 Å². The SMILES string of the molecule is COc1cccc2[nH]c(C(=O)N3CC4(CC3C(=O)NC(CC3CCCCC3=O)C(=O)C(=O)NC3CC3)CC4(F)F)cc12. The van der Waals surface area contributed by atoms with Gasteiger partial charge >= 0.3 is 0 Å². The van der Waals surface area contributed by atoms with Gasteiger partial charge in [0.25, 0.3) is 17.7 Å². The molecule has 2 heterocycles. The number of amides is 3. The van der Waals surface area contributed by atoms with Gasteiger partial charge < -0.3 is 25.3 Å². The molecule has 3 N–H and O–H groups in total. The summed E-state index contributed by atoms with van der Waals surface area (Å²) >= 11 is 0. The van der Waals surface area contributed by atoms with E-state index in [1.165, 1.54) is 7.11 Å². The van der Waals surface area contributed by atoms with E-state index in [9.17, 15) is 32.8 Å². The van der Waals surface area contributed by atoms with Gasteiger partial charge in [-0.1, -0.05) is 12.5 Å². The van der Waals surface area contributed by atoms with E-state index in [0.29, 0.717) is 29.5 Å². The lowest BCUT2D eigenvalue weighted by atomic mass is 9.82. The molecule has 1 aromatic carbocycles. The molecule has 4 unspecified atom stereocenters. The number of fused-ring (bicyclic) bond motifs is 1. The zero-order valence-corrected chi connectivity index (χ0v) is 23.3. The zero-order chi connectivity index (χ0) is 29.8. The highest BCUT2D eigenvalue weighted by atomic mass is 19.3. The Hall–Kier alpha value is -3.83. The summed E-state index contributed by atoms with van der Waals surface area (Å²) in [5.74, 6) is -6.18. The number of likely N-dealkylation sites (tertiary alicyclic amines) is 1. The van der Waals surface area contributed by atoms with Crippen molar-refractivity contribution >= 4 is 40.2 Å².